The van der Waals surface area contributed by atoms with Gasteiger partial charge >= 0.3 is 6.09 Å². The molecule has 7 heteroatoms. The zero-order valence-corrected chi connectivity index (χ0v) is 17.4. The average molecular weight is 434 g/mol. The summed E-state index contributed by atoms with van der Waals surface area (Å²) in [4.78, 5) is 12.4. The van der Waals surface area contributed by atoms with Gasteiger partial charge in [-0.3, -0.25) is 5.32 Å². The molecule has 1 amide bonds. The van der Waals surface area contributed by atoms with E-state index >= 15 is 0 Å². The fraction of sp³-hybridized carbons (Fsp3) is 0.120. The summed E-state index contributed by atoms with van der Waals surface area (Å²) < 4.78 is 38.5. The average Bonchev–Trinajstić information content (AvgIpc) is 3.14. The van der Waals surface area contributed by atoms with Gasteiger partial charge in [0.05, 0.1) is 5.56 Å². The third-order valence-electron chi connectivity index (χ3n) is 5.03. The topological polar surface area (TPSA) is 64.4 Å². The first kappa shape index (κ1) is 21.2. The number of halogens is 2. The number of nitrogens with zero attached hydrogens (tertiary/aromatic N) is 1. The first-order chi connectivity index (χ1) is 15.4. The van der Waals surface area contributed by atoms with Crippen molar-refractivity contribution in [3.63, 3.8) is 0 Å². The largest absolute Gasteiger partial charge is 0.441 e. The summed E-state index contributed by atoms with van der Waals surface area (Å²) in [5.41, 5.74) is 3.25. The van der Waals surface area contributed by atoms with E-state index in [0.29, 0.717) is 22.7 Å². The molecular formula is C25H20F2N2O3. The fourth-order valence-electron chi connectivity index (χ4n) is 3.41. The van der Waals surface area contributed by atoms with E-state index in [1.54, 1.807) is 6.92 Å². The lowest BCUT2D eigenvalue weighted by atomic mass is 10.0. The first-order valence-electron chi connectivity index (χ1n) is 9.97. The quantitative estimate of drug-likeness (QED) is 0.371. The Balaban J connectivity index is 1.52. The maximum absolute atomic E-state index is 14.0. The molecule has 0 saturated carbocycles. The van der Waals surface area contributed by atoms with Crippen LogP contribution in [0.3, 0.4) is 0 Å². The van der Waals surface area contributed by atoms with Crippen LogP contribution in [0.4, 0.5) is 19.3 Å². The molecule has 0 fully saturated rings. The summed E-state index contributed by atoms with van der Waals surface area (Å²) >= 11 is 0. The third-order valence-corrected chi connectivity index (χ3v) is 5.03. The molecule has 0 aliphatic carbocycles. The lowest BCUT2D eigenvalue weighted by molar-refractivity contribution is 0.117. The summed E-state index contributed by atoms with van der Waals surface area (Å²) in [6.45, 7) is 3.06. The lowest BCUT2D eigenvalue weighted by Crippen LogP contribution is -2.18. The molecule has 1 atom stereocenters. The summed E-state index contributed by atoms with van der Waals surface area (Å²) in [7, 11) is 0. The predicted octanol–water partition coefficient (Wildman–Crippen LogP) is 6.90. The van der Waals surface area contributed by atoms with Crippen LogP contribution in [0.1, 0.15) is 24.3 Å². The standard InChI is InChI=1S/C25H20F2N2O3/c1-15-23(28-25(30)31-16(2)22-20(26)9-6-10-21(22)27)24(32-29-15)19-13-11-18(12-14-19)17-7-4-3-5-8-17/h3-14,16H,1-2H3,(H,28,30). The molecule has 0 spiro atoms. The molecule has 0 bridgehead atoms. The molecule has 0 aliphatic rings. The van der Waals surface area contributed by atoms with Gasteiger partial charge in [0, 0.05) is 5.56 Å². The Morgan fingerprint density at radius 1 is 0.906 bits per heavy atom. The Labute approximate surface area is 183 Å². The second-order valence-electron chi connectivity index (χ2n) is 7.22. The molecule has 3 aromatic carbocycles. The van der Waals surface area contributed by atoms with Crippen LogP contribution in [-0.4, -0.2) is 11.2 Å². The molecule has 162 valence electrons. The highest BCUT2D eigenvalue weighted by molar-refractivity contribution is 5.91. The van der Waals surface area contributed by atoms with Crippen LogP contribution < -0.4 is 5.32 Å². The van der Waals surface area contributed by atoms with Crippen LogP contribution in [0.25, 0.3) is 22.5 Å². The van der Waals surface area contributed by atoms with Crippen LogP contribution in [0.2, 0.25) is 0 Å². The van der Waals surface area contributed by atoms with E-state index in [2.05, 4.69) is 10.5 Å². The molecule has 32 heavy (non-hydrogen) atoms. The van der Waals surface area contributed by atoms with E-state index in [0.717, 1.165) is 23.3 Å². The van der Waals surface area contributed by atoms with Gasteiger partial charge in [-0.25, -0.2) is 13.6 Å². The Morgan fingerprint density at radius 2 is 1.50 bits per heavy atom. The Hall–Kier alpha value is -4.00. The van der Waals surface area contributed by atoms with Crippen molar-refractivity contribution in [2.45, 2.75) is 20.0 Å². The minimum Gasteiger partial charge on any atom is -0.441 e. The summed E-state index contributed by atoms with van der Waals surface area (Å²) in [5.74, 6) is -1.22. The van der Waals surface area contributed by atoms with E-state index in [9.17, 15) is 13.6 Å². The van der Waals surface area contributed by atoms with Gasteiger partial charge in [0.2, 0.25) is 0 Å². The van der Waals surface area contributed by atoms with E-state index < -0.39 is 23.8 Å². The maximum atomic E-state index is 14.0. The van der Waals surface area contributed by atoms with Crippen LogP contribution in [0.15, 0.2) is 77.3 Å². The Bertz CT molecular complexity index is 1220. The SMILES string of the molecule is Cc1noc(-c2ccc(-c3ccccc3)cc2)c1NC(=O)OC(C)c1c(F)cccc1F. The number of ether oxygens (including phenoxy) is 1. The molecule has 4 rings (SSSR count). The zero-order valence-electron chi connectivity index (χ0n) is 17.4. The van der Waals surface area contributed by atoms with E-state index in [4.69, 9.17) is 9.26 Å². The summed E-state index contributed by atoms with van der Waals surface area (Å²) in [6, 6.07) is 21.0. The number of amides is 1. The van der Waals surface area contributed by atoms with Crippen LogP contribution >= 0.6 is 0 Å². The number of carbonyl (C=O) groups is 1. The number of rotatable bonds is 5. The third kappa shape index (κ3) is 4.37. The van der Waals surface area contributed by atoms with Gasteiger partial charge < -0.3 is 9.26 Å². The lowest BCUT2D eigenvalue weighted by Gasteiger charge is -2.15. The summed E-state index contributed by atoms with van der Waals surface area (Å²) in [6.07, 6.45) is -2.02. The van der Waals surface area contributed by atoms with Crippen LogP contribution in [0, 0.1) is 18.6 Å². The normalized spacial score (nSPS) is 11.8. The maximum Gasteiger partial charge on any atom is 0.412 e. The molecule has 0 saturated heterocycles. The molecule has 1 unspecified atom stereocenters. The van der Waals surface area contributed by atoms with Gasteiger partial charge in [-0.2, -0.15) is 0 Å². The second kappa shape index (κ2) is 9.01. The smallest absolute Gasteiger partial charge is 0.412 e. The van der Waals surface area contributed by atoms with Crippen molar-refractivity contribution < 1.29 is 22.8 Å². The number of carbonyl (C=O) groups excluding carboxylic acids is 1. The fourth-order valence-corrected chi connectivity index (χ4v) is 3.41. The van der Waals surface area contributed by atoms with E-state index in [1.807, 2.05) is 54.6 Å². The van der Waals surface area contributed by atoms with E-state index in [1.165, 1.54) is 13.0 Å². The Kier molecular flexibility index (Phi) is 5.98. The van der Waals surface area contributed by atoms with Crippen LogP contribution in [-0.2, 0) is 4.74 Å². The Morgan fingerprint density at radius 3 is 2.16 bits per heavy atom. The van der Waals surface area contributed by atoms with Gasteiger partial charge in [-0.1, -0.05) is 65.8 Å². The predicted molar refractivity (Wildman–Crippen MR) is 117 cm³/mol. The van der Waals surface area contributed by atoms with Crippen molar-refractivity contribution in [1.29, 1.82) is 0 Å². The molecule has 5 nitrogen and oxygen atoms in total. The zero-order chi connectivity index (χ0) is 22.7. The van der Waals surface area contributed by atoms with Gasteiger partial charge in [0.1, 0.15) is 29.1 Å². The molecule has 1 heterocycles. The molecule has 0 aliphatic heterocycles. The monoisotopic (exact) mass is 434 g/mol. The molecule has 1 N–H and O–H groups in total. The van der Waals surface area contributed by atoms with Crippen molar-refractivity contribution in [2.75, 3.05) is 5.32 Å². The van der Waals surface area contributed by atoms with E-state index in [-0.39, 0.29) is 5.56 Å². The number of hydrogen-bond acceptors (Lipinski definition) is 4. The number of benzene rings is 3. The van der Waals surface area contributed by atoms with Gasteiger partial charge in [0.25, 0.3) is 0 Å². The van der Waals surface area contributed by atoms with Crippen molar-refractivity contribution in [3.05, 3.63) is 95.7 Å². The number of aryl methyl sites for hydroxylation is 1. The second-order valence-corrected chi connectivity index (χ2v) is 7.22. The minimum absolute atomic E-state index is 0.318. The summed E-state index contributed by atoms with van der Waals surface area (Å²) in [5, 5.41) is 6.51. The highest BCUT2D eigenvalue weighted by Gasteiger charge is 2.23. The number of anilines is 1. The van der Waals surface area contributed by atoms with Crippen molar-refractivity contribution >= 4 is 11.8 Å². The highest BCUT2D eigenvalue weighted by Crippen LogP contribution is 2.33. The molecule has 4 aromatic rings. The van der Waals surface area contributed by atoms with Crippen molar-refractivity contribution in [3.8, 4) is 22.5 Å². The number of aromatic nitrogens is 1. The molecule has 0 radical (unpaired) electrons. The molecule has 1 aromatic heterocycles. The minimum atomic E-state index is -1.13. The van der Waals surface area contributed by atoms with Gasteiger partial charge in [0.15, 0.2) is 5.76 Å². The number of nitrogens with one attached hydrogen (secondary N) is 1. The molecular weight excluding hydrogens is 414 g/mol. The van der Waals surface area contributed by atoms with Crippen LogP contribution in [0.5, 0.6) is 0 Å². The first-order valence-corrected chi connectivity index (χ1v) is 9.97. The van der Waals surface area contributed by atoms with Crippen molar-refractivity contribution in [1.82, 2.24) is 5.16 Å². The van der Waals surface area contributed by atoms with Gasteiger partial charge in [-0.05, 0) is 37.1 Å². The van der Waals surface area contributed by atoms with Gasteiger partial charge in [-0.15, -0.1) is 0 Å². The van der Waals surface area contributed by atoms with Crippen molar-refractivity contribution in [2.24, 2.45) is 0 Å². The highest BCUT2D eigenvalue weighted by atomic mass is 19.1. The number of hydrogen-bond donors (Lipinski definition) is 1.